The molecule has 0 unspecified atom stereocenters. The molecule has 0 aliphatic carbocycles. The minimum Gasteiger partial charge on any atom is -0.397 e. The number of para-hydroxylation sites is 2. The van der Waals surface area contributed by atoms with Crippen molar-refractivity contribution in [2.75, 3.05) is 30.7 Å². The number of hydrogen-bond donors (Lipinski definition) is 3. The van der Waals surface area contributed by atoms with Crippen LogP contribution in [0.3, 0.4) is 0 Å². The van der Waals surface area contributed by atoms with Gasteiger partial charge in [0, 0.05) is 19.5 Å². The lowest BCUT2D eigenvalue weighted by atomic mass is 10.1. The van der Waals surface area contributed by atoms with Gasteiger partial charge in [0.1, 0.15) is 0 Å². The molecule has 1 heterocycles. The Morgan fingerprint density at radius 3 is 2.75 bits per heavy atom. The third-order valence-corrected chi connectivity index (χ3v) is 3.67. The SMILES string of the molecule is Nc1ccccc1NC(=O)CCCN1CCC(O)CC1. The number of amides is 1. The number of nitrogens with one attached hydrogen (secondary N) is 1. The number of piperidine rings is 1. The number of aliphatic hydroxyl groups excluding tert-OH is 1. The van der Waals surface area contributed by atoms with E-state index in [9.17, 15) is 9.90 Å². The third kappa shape index (κ3) is 4.51. The number of nitrogens with two attached hydrogens (primary N) is 1. The number of nitrogen functional groups attached to an aromatic ring is 1. The molecular weight excluding hydrogens is 254 g/mol. The van der Waals surface area contributed by atoms with E-state index < -0.39 is 0 Å². The fourth-order valence-electron chi connectivity index (χ4n) is 2.43. The summed E-state index contributed by atoms with van der Waals surface area (Å²) in [5.41, 5.74) is 7.05. The van der Waals surface area contributed by atoms with Gasteiger partial charge in [-0.25, -0.2) is 0 Å². The first-order chi connectivity index (χ1) is 9.65. The van der Waals surface area contributed by atoms with Crippen molar-refractivity contribution in [1.29, 1.82) is 0 Å². The van der Waals surface area contributed by atoms with E-state index in [0.29, 0.717) is 17.8 Å². The fraction of sp³-hybridized carbons (Fsp3) is 0.533. The van der Waals surface area contributed by atoms with Crippen LogP contribution in [0.15, 0.2) is 24.3 Å². The molecule has 2 rings (SSSR count). The minimum atomic E-state index is -0.143. The van der Waals surface area contributed by atoms with E-state index in [1.165, 1.54) is 0 Å². The molecule has 0 bridgehead atoms. The van der Waals surface area contributed by atoms with Gasteiger partial charge >= 0.3 is 0 Å². The van der Waals surface area contributed by atoms with Gasteiger partial charge in [0.15, 0.2) is 0 Å². The van der Waals surface area contributed by atoms with Crippen molar-refractivity contribution in [3.05, 3.63) is 24.3 Å². The highest BCUT2D eigenvalue weighted by Crippen LogP contribution is 2.17. The highest BCUT2D eigenvalue weighted by Gasteiger charge is 2.16. The lowest BCUT2D eigenvalue weighted by molar-refractivity contribution is -0.116. The van der Waals surface area contributed by atoms with Crippen molar-refractivity contribution in [2.45, 2.75) is 31.8 Å². The molecule has 5 heteroatoms. The molecule has 1 saturated heterocycles. The monoisotopic (exact) mass is 277 g/mol. The number of rotatable bonds is 5. The van der Waals surface area contributed by atoms with Gasteiger partial charge < -0.3 is 21.1 Å². The van der Waals surface area contributed by atoms with E-state index in [0.717, 1.165) is 38.9 Å². The standard InChI is InChI=1S/C15H23N3O2/c16-13-4-1-2-5-14(13)17-15(20)6-3-9-18-10-7-12(19)8-11-18/h1-2,4-5,12,19H,3,6-11,16H2,(H,17,20). The molecule has 4 N–H and O–H groups in total. The van der Waals surface area contributed by atoms with Crippen LogP contribution in [0.2, 0.25) is 0 Å². The molecule has 0 atom stereocenters. The van der Waals surface area contributed by atoms with Crippen LogP contribution in [-0.2, 0) is 4.79 Å². The zero-order valence-electron chi connectivity index (χ0n) is 11.7. The smallest absolute Gasteiger partial charge is 0.224 e. The quantitative estimate of drug-likeness (QED) is 0.712. The van der Waals surface area contributed by atoms with Gasteiger partial charge in [-0.05, 0) is 37.9 Å². The molecular formula is C15H23N3O2. The molecule has 110 valence electrons. The van der Waals surface area contributed by atoms with Crippen LogP contribution in [0.4, 0.5) is 11.4 Å². The average molecular weight is 277 g/mol. The van der Waals surface area contributed by atoms with Crippen molar-refractivity contribution >= 4 is 17.3 Å². The van der Waals surface area contributed by atoms with Crippen LogP contribution < -0.4 is 11.1 Å². The van der Waals surface area contributed by atoms with E-state index in [1.54, 1.807) is 12.1 Å². The fourth-order valence-corrected chi connectivity index (χ4v) is 2.43. The third-order valence-electron chi connectivity index (χ3n) is 3.67. The molecule has 0 radical (unpaired) electrons. The summed E-state index contributed by atoms with van der Waals surface area (Å²) in [6.07, 6.45) is 2.86. The topological polar surface area (TPSA) is 78.6 Å². The Balaban J connectivity index is 1.67. The van der Waals surface area contributed by atoms with Gasteiger partial charge in [-0.3, -0.25) is 4.79 Å². The Morgan fingerprint density at radius 2 is 2.05 bits per heavy atom. The molecule has 0 saturated carbocycles. The first-order valence-electron chi connectivity index (χ1n) is 7.20. The minimum absolute atomic E-state index is 0.0000517. The highest BCUT2D eigenvalue weighted by molar-refractivity contribution is 5.93. The molecule has 1 amide bonds. The second-order valence-corrected chi connectivity index (χ2v) is 5.31. The van der Waals surface area contributed by atoms with Crippen LogP contribution in [0.25, 0.3) is 0 Å². The van der Waals surface area contributed by atoms with Crippen molar-refractivity contribution < 1.29 is 9.90 Å². The molecule has 1 aliphatic heterocycles. The molecule has 1 fully saturated rings. The van der Waals surface area contributed by atoms with Gasteiger partial charge in [-0.2, -0.15) is 0 Å². The Hall–Kier alpha value is -1.59. The van der Waals surface area contributed by atoms with Crippen LogP contribution in [0, 0.1) is 0 Å². The second-order valence-electron chi connectivity index (χ2n) is 5.31. The molecule has 1 aromatic rings. The summed E-state index contributed by atoms with van der Waals surface area (Å²) in [4.78, 5) is 14.1. The van der Waals surface area contributed by atoms with Crippen LogP contribution >= 0.6 is 0 Å². The normalized spacial score (nSPS) is 17.1. The number of anilines is 2. The summed E-state index contributed by atoms with van der Waals surface area (Å²) >= 11 is 0. The molecule has 5 nitrogen and oxygen atoms in total. The number of carbonyl (C=O) groups is 1. The Labute approximate surface area is 119 Å². The summed E-state index contributed by atoms with van der Waals surface area (Å²) in [6, 6.07) is 7.27. The number of benzene rings is 1. The maximum absolute atomic E-state index is 11.8. The van der Waals surface area contributed by atoms with E-state index >= 15 is 0 Å². The van der Waals surface area contributed by atoms with Crippen molar-refractivity contribution in [2.24, 2.45) is 0 Å². The summed E-state index contributed by atoms with van der Waals surface area (Å²) in [5, 5.41) is 12.3. The van der Waals surface area contributed by atoms with E-state index in [-0.39, 0.29) is 12.0 Å². The van der Waals surface area contributed by atoms with Gasteiger partial charge in [0.25, 0.3) is 0 Å². The van der Waals surface area contributed by atoms with Gasteiger partial charge in [0.2, 0.25) is 5.91 Å². The predicted molar refractivity (Wildman–Crippen MR) is 80.4 cm³/mol. The Kier molecular flexibility index (Phi) is 5.38. The van der Waals surface area contributed by atoms with Crippen molar-refractivity contribution in [3.8, 4) is 0 Å². The van der Waals surface area contributed by atoms with Crippen LogP contribution in [0.5, 0.6) is 0 Å². The van der Waals surface area contributed by atoms with Gasteiger partial charge in [-0.15, -0.1) is 0 Å². The lowest BCUT2D eigenvalue weighted by Crippen LogP contribution is -2.36. The number of carbonyl (C=O) groups excluding carboxylic acids is 1. The maximum atomic E-state index is 11.8. The van der Waals surface area contributed by atoms with Gasteiger partial charge in [-0.1, -0.05) is 12.1 Å². The number of hydrogen-bond acceptors (Lipinski definition) is 4. The zero-order chi connectivity index (χ0) is 14.4. The number of aliphatic hydroxyl groups is 1. The first-order valence-corrected chi connectivity index (χ1v) is 7.20. The zero-order valence-corrected chi connectivity index (χ0v) is 11.7. The number of likely N-dealkylation sites (tertiary alicyclic amines) is 1. The molecule has 0 aromatic heterocycles. The molecule has 1 aromatic carbocycles. The van der Waals surface area contributed by atoms with Crippen molar-refractivity contribution in [1.82, 2.24) is 4.90 Å². The van der Waals surface area contributed by atoms with Crippen LogP contribution in [0.1, 0.15) is 25.7 Å². The second kappa shape index (κ2) is 7.26. The van der Waals surface area contributed by atoms with Crippen molar-refractivity contribution in [3.63, 3.8) is 0 Å². The average Bonchev–Trinajstić information content (AvgIpc) is 2.44. The first kappa shape index (κ1) is 14.8. The largest absolute Gasteiger partial charge is 0.397 e. The van der Waals surface area contributed by atoms with Gasteiger partial charge in [0.05, 0.1) is 17.5 Å². The van der Waals surface area contributed by atoms with E-state index in [1.807, 2.05) is 12.1 Å². The Morgan fingerprint density at radius 1 is 1.35 bits per heavy atom. The molecule has 20 heavy (non-hydrogen) atoms. The molecule has 0 spiro atoms. The number of nitrogens with zero attached hydrogens (tertiary/aromatic N) is 1. The maximum Gasteiger partial charge on any atom is 0.224 e. The molecule has 1 aliphatic rings. The van der Waals surface area contributed by atoms with E-state index in [4.69, 9.17) is 5.73 Å². The lowest BCUT2D eigenvalue weighted by Gasteiger charge is -2.29. The summed E-state index contributed by atoms with van der Waals surface area (Å²) in [7, 11) is 0. The summed E-state index contributed by atoms with van der Waals surface area (Å²) < 4.78 is 0. The summed E-state index contributed by atoms with van der Waals surface area (Å²) in [5.74, 6) is -0.0000517. The predicted octanol–water partition coefficient (Wildman–Crippen LogP) is 1.44. The van der Waals surface area contributed by atoms with E-state index in [2.05, 4.69) is 10.2 Å². The summed E-state index contributed by atoms with van der Waals surface area (Å²) in [6.45, 7) is 2.76. The highest BCUT2D eigenvalue weighted by atomic mass is 16.3. The van der Waals surface area contributed by atoms with Crippen LogP contribution in [-0.4, -0.2) is 41.7 Å². The Bertz CT molecular complexity index is 442.